The highest BCUT2D eigenvalue weighted by molar-refractivity contribution is 5.41. The fourth-order valence-electron chi connectivity index (χ4n) is 2.94. The lowest BCUT2D eigenvalue weighted by molar-refractivity contribution is 0.292. The number of phenolic OH excluding ortho intramolecular Hbond substituents is 1. The molecule has 1 aliphatic carbocycles. The first-order valence-electron chi connectivity index (χ1n) is 7.27. The van der Waals surface area contributed by atoms with Crippen molar-refractivity contribution in [3.8, 4) is 5.75 Å². The number of aromatic hydroxyl groups is 1. The van der Waals surface area contributed by atoms with E-state index in [2.05, 4.69) is 25.1 Å². The zero-order chi connectivity index (χ0) is 13.9. The molecule has 0 aromatic heterocycles. The summed E-state index contributed by atoms with van der Waals surface area (Å²) >= 11 is 0. The average Bonchev–Trinajstić information content (AvgIpc) is 2.38. The van der Waals surface area contributed by atoms with Crippen LogP contribution >= 0.6 is 0 Å². The summed E-state index contributed by atoms with van der Waals surface area (Å²) in [4.78, 5) is 2.17. The maximum absolute atomic E-state index is 10.1. The Morgan fingerprint density at radius 3 is 2.53 bits per heavy atom. The van der Waals surface area contributed by atoms with Crippen molar-refractivity contribution < 1.29 is 5.11 Å². The van der Waals surface area contributed by atoms with Crippen molar-refractivity contribution in [3.05, 3.63) is 29.3 Å². The van der Waals surface area contributed by atoms with Crippen LogP contribution in [0.1, 0.15) is 43.2 Å². The Balaban J connectivity index is 2.21. The standard InChI is InChI=1S/C16H26N2O/c1-18(2)11-8-13-6-7-15(19)14(12-13)16(17)9-4-3-5-10-16/h6-7,12,19H,3-5,8-11,17H2,1-2H3. The summed E-state index contributed by atoms with van der Waals surface area (Å²) < 4.78 is 0. The Labute approximate surface area is 116 Å². The van der Waals surface area contributed by atoms with Gasteiger partial charge in [-0.2, -0.15) is 0 Å². The molecule has 1 aliphatic rings. The summed E-state index contributed by atoms with van der Waals surface area (Å²) in [6.45, 7) is 1.02. The van der Waals surface area contributed by atoms with Gasteiger partial charge >= 0.3 is 0 Å². The van der Waals surface area contributed by atoms with Gasteiger partial charge in [0.1, 0.15) is 5.75 Å². The molecule has 106 valence electrons. The summed E-state index contributed by atoms with van der Waals surface area (Å²) in [5.41, 5.74) is 8.42. The van der Waals surface area contributed by atoms with E-state index in [9.17, 15) is 5.11 Å². The first-order chi connectivity index (χ1) is 9.01. The lowest BCUT2D eigenvalue weighted by Crippen LogP contribution is -2.38. The molecule has 0 heterocycles. The highest BCUT2D eigenvalue weighted by atomic mass is 16.3. The van der Waals surface area contributed by atoms with E-state index in [1.54, 1.807) is 0 Å². The molecule has 0 spiro atoms. The van der Waals surface area contributed by atoms with Crippen LogP contribution in [-0.4, -0.2) is 30.6 Å². The minimum Gasteiger partial charge on any atom is -0.508 e. The molecule has 1 aromatic carbocycles. The molecule has 0 bridgehead atoms. The lowest BCUT2D eigenvalue weighted by Gasteiger charge is -2.34. The molecule has 0 saturated heterocycles. The lowest BCUT2D eigenvalue weighted by atomic mass is 9.76. The van der Waals surface area contributed by atoms with Crippen LogP contribution in [0.2, 0.25) is 0 Å². The largest absolute Gasteiger partial charge is 0.508 e. The molecular weight excluding hydrogens is 236 g/mol. The van der Waals surface area contributed by atoms with E-state index in [0.717, 1.165) is 44.2 Å². The van der Waals surface area contributed by atoms with Gasteiger partial charge in [0.05, 0.1) is 0 Å². The van der Waals surface area contributed by atoms with E-state index in [1.807, 2.05) is 12.1 Å². The molecule has 3 heteroatoms. The Kier molecular flexibility index (Phi) is 4.48. The quantitative estimate of drug-likeness (QED) is 0.877. The van der Waals surface area contributed by atoms with Crippen molar-refractivity contribution in [1.29, 1.82) is 0 Å². The average molecular weight is 262 g/mol. The molecule has 19 heavy (non-hydrogen) atoms. The summed E-state index contributed by atoms with van der Waals surface area (Å²) in [5.74, 6) is 0.359. The molecule has 1 fully saturated rings. The monoisotopic (exact) mass is 262 g/mol. The van der Waals surface area contributed by atoms with E-state index < -0.39 is 0 Å². The number of rotatable bonds is 4. The van der Waals surface area contributed by atoms with Crippen LogP contribution in [0.4, 0.5) is 0 Å². The van der Waals surface area contributed by atoms with Gasteiger partial charge in [-0.25, -0.2) is 0 Å². The van der Waals surface area contributed by atoms with Gasteiger partial charge in [-0.05, 0) is 45.0 Å². The maximum Gasteiger partial charge on any atom is 0.120 e. The molecule has 3 N–H and O–H groups in total. The van der Waals surface area contributed by atoms with E-state index in [4.69, 9.17) is 5.73 Å². The Hall–Kier alpha value is -1.06. The van der Waals surface area contributed by atoms with Gasteiger partial charge in [-0.1, -0.05) is 31.4 Å². The molecular formula is C16H26N2O. The van der Waals surface area contributed by atoms with Crippen LogP contribution in [0.5, 0.6) is 5.75 Å². The van der Waals surface area contributed by atoms with Crippen molar-refractivity contribution in [1.82, 2.24) is 4.90 Å². The minimum absolute atomic E-state index is 0.323. The third-order valence-corrected chi connectivity index (χ3v) is 4.19. The molecule has 2 rings (SSSR count). The van der Waals surface area contributed by atoms with Crippen LogP contribution in [0.15, 0.2) is 18.2 Å². The molecule has 0 radical (unpaired) electrons. The summed E-state index contributed by atoms with van der Waals surface area (Å²) in [6.07, 6.45) is 6.56. The molecule has 3 nitrogen and oxygen atoms in total. The second-order valence-electron chi connectivity index (χ2n) is 6.12. The second-order valence-corrected chi connectivity index (χ2v) is 6.12. The zero-order valence-electron chi connectivity index (χ0n) is 12.2. The van der Waals surface area contributed by atoms with Crippen molar-refractivity contribution in [2.24, 2.45) is 5.73 Å². The van der Waals surface area contributed by atoms with Crippen LogP contribution in [0.3, 0.4) is 0 Å². The fraction of sp³-hybridized carbons (Fsp3) is 0.625. The van der Waals surface area contributed by atoms with E-state index in [-0.39, 0.29) is 5.54 Å². The topological polar surface area (TPSA) is 49.5 Å². The van der Waals surface area contributed by atoms with Gasteiger partial charge < -0.3 is 15.7 Å². The van der Waals surface area contributed by atoms with Crippen molar-refractivity contribution in [2.75, 3.05) is 20.6 Å². The third-order valence-electron chi connectivity index (χ3n) is 4.19. The molecule has 0 amide bonds. The second kappa shape index (κ2) is 5.93. The maximum atomic E-state index is 10.1. The number of nitrogens with two attached hydrogens (primary N) is 1. The number of hydrogen-bond acceptors (Lipinski definition) is 3. The third kappa shape index (κ3) is 3.48. The van der Waals surface area contributed by atoms with E-state index >= 15 is 0 Å². The zero-order valence-corrected chi connectivity index (χ0v) is 12.2. The molecule has 1 aromatic rings. The smallest absolute Gasteiger partial charge is 0.120 e. The highest BCUT2D eigenvalue weighted by Gasteiger charge is 2.31. The van der Waals surface area contributed by atoms with Crippen LogP contribution in [0.25, 0.3) is 0 Å². The normalized spacial score (nSPS) is 18.7. The number of phenols is 1. The van der Waals surface area contributed by atoms with Gasteiger partial charge in [-0.15, -0.1) is 0 Å². The van der Waals surface area contributed by atoms with Crippen LogP contribution in [0, 0.1) is 0 Å². The number of likely N-dealkylation sites (N-methyl/N-ethyl adjacent to an activating group) is 1. The Morgan fingerprint density at radius 1 is 1.21 bits per heavy atom. The molecule has 0 aliphatic heterocycles. The van der Waals surface area contributed by atoms with Gasteiger partial charge in [0, 0.05) is 17.6 Å². The molecule has 1 saturated carbocycles. The van der Waals surface area contributed by atoms with Crippen molar-refractivity contribution in [2.45, 2.75) is 44.1 Å². The fourth-order valence-corrected chi connectivity index (χ4v) is 2.94. The Morgan fingerprint density at radius 2 is 1.89 bits per heavy atom. The Bertz CT molecular complexity index is 423. The van der Waals surface area contributed by atoms with Gasteiger partial charge in [-0.3, -0.25) is 0 Å². The number of hydrogen-bond donors (Lipinski definition) is 2. The number of nitrogens with zero attached hydrogens (tertiary/aromatic N) is 1. The van der Waals surface area contributed by atoms with Crippen LogP contribution in [-0.2, 0) is 12.0 Å². The van der Waals surface area contributed by atoms with Crippen LogP contribution < -0.4 is 5.73 Å². The SMILES string of the molecule is CN(C)CCc1ccc(O)c(C2(N)CCCCC2)c1. The first-order valence-corrected chi connectivity index (χ1v) is 7.27. The number of benzene rings is 1. The van der Waals surface area contributed by atoms with Crippen molar-refractivity contribution >= 4 is 0 Å². The van der Waals surface area contributed by atoms with Gasteiger partial charge in [0.25, 0.3) is 0 Å². The summed E-state index contributed by atoms with van der Waals surface area (Å²) in [7, 11) is 4.15. The molecule has 0 atom stereocenters. The minimum atomic E-state index is -0.323. The van der Waals surface area contributed by atoms with Crippen molar-refractivity contribution in [3.63, 3.8) is 0 Å². The first kappa shape index (κ1) is 14.4. The van der Waals surface area contributed by atoms with Gasteiger partial charge in [0.2, 0.25) is 0 Å². The van der Waals surface area contributed by atoms with Gasteiger partial charge in [0.15, 0.2) is 0 Å². The predicted octanol–water partition coefficient (Wildman–Crippen LogP) is 2.61. The summed E-state index contributed by atoms with van der Waals surface area (Å²) in [6, 6.07) is 5.93. The van der Waals surface area contributed by atoms with E-state index in [1.165, 1.54) is 12.0 Å². The highest BCUT2D eigenvalue weighted by Crippen LogP contribution is 2.39. The molecule has 0 unspecified atom stereocenters. The predicted molar refractivity (Wildman–Crippen MR) is 79.3 cm³/mol. The summed E-state index contributed by atoms with van der Waals surface area (Å²) in [5, 5.41) is 10.1. The van der Waals surface area contributed by atoms with E-state index in [0.29, 0.717) is 5.75 Å².